The third-order valence-corrected chi connectivity index (χ3v) is 4.95. The molecular weight excluding hydrogens is 244 g/mol. The van der Waals surface area contributed by atoms with Gasteiger partial charge in [-0.25, -0.2) is 0 Å². The van der Waals surface area contributed by atoms with Gasteiger partial charge in [-0.15, -0.1) is 0 Å². The minimum absolute atomic E-state index is 0.149. The fraction of sp³-hybridized carbons (Fsp3) is 0.800. The zero-order valence-electron chi connectivity index (χ0n) is 11.8. The average Bonchev–Trinajstić information content (AvgIpc) is 2.92. The number of carbonyl (C=O) groups excluding carboxylic acids is 1. The SMILES string of the molecule is C/C1=C\CC[C@@]2(C)O[C@H]2[C@@H](O)[C@H]2[C@H](C1)OC(=O)[C@H]2C. The summed E-state index contributed by atoms with van der Waals surface area (Å²) in [5, 5.41) is 10.6. The second kappa shape index (κ2) is 4.32. The zero-order valence-corrected chi connectivity index (χ0v) is 11.8. The number of aliphatic hydroxyl groups is 1. The Balaban J connectivity index is 1.90. The maximum absolute atomic E-state index is 11.8. The predicted octanol–water partition coefficient (Wildman–Crippen LogP) is 1.81. The largest absolute Gasteiger partial charge is 0.461 e. The fourth-order valence-electron chi connectivity index (χ4n) is 3.60. The van der Waals surface area contributed by atoms with E-state index in [2.05, 4.69) is 13.0 Å². The van der Waals surface area contributed by atoms with Gasteiger partial charge in [-0.2, -0.15) is 0 Å². The standard InChI is InChI=1S/C15H22O4/c1-8-5-4-6-15(3)13(19-15)12(16)11-9(2)14(17)18-10(11)7-8/h5,9-13,16H,4,6-7H2,1-3H3/b8-5+/t9-,10-,11+,12-,13-,15+/m0/s1. The number of ether oxygens (including phenoxy) is 2. The summed E-state index contributed by atoms with van der Waals surface area (Å²) in [6.07, 6.45) is 3.84. The van der Waals surface area contributed by atoms with Crippen LogP contribution < -0.4 is 0 Å². The number of allylic oxidation sites excluding steroid dienone is 1. The topological polar surface area (TPSA) is 59.1 Å². The van der Waals surface area contributed by atoms with E-state index in [1.807, 2.05) is 13.8 Å². The van der Waals surface area contributed by atoms with Gasteiger partial charge in [-0.3, -0.25) is 4.79 Å². The van der Waals surface area contributed by atoms with Crippen LogP contribution in [0.4, 0.5) is 0 Å². The van der Waals surface area contributed by atoms with Crippen LogP contribution in [0.1, 0.15) is 40.0 Å². The Kier molecular flexibility index (Phi) is 2.98. The van der Waals surface area contributed by atoms with Gasteiger partial charge in [0.05, 0.1) is 17.6 Å². The zero-order chi connectivity index (χ0) is 13.8. The van der Waals surface area contributed by atoms with Gasteiger partial charge >= 0.3 is 5.97 Å². The van der Waals surface area contributed by atoms with E-state index in [4.69, 9.17) is 9.47 Å². The first-order valence-electron chi connectivity index (χ1n) is 7.14. The van der Waals surface area contributed by atoms with E-state index in [1.165, 1.54) is 5.57 Å². The molecule has 3 aliphatic rings. The van der Waals surface area contributed by atoms with Gasteiger partial charge in [0, 0.05) is 12.3 Å². The maximum atomic E-state index is 11.8. The maximum Gasteiger partial charge on any atom is 0.309 e. The van der Waals surface area contributed by atoms with Gasteiger partial charge in [0.2, 0.25) is 0 Å². The quantitative estimate of drug-likeness (QED) is 0.413. The number of rotatable bonds is 0. The first-order valence-corrected chi connectivity index (χ1v) is 7.14. The Morgan fingerprint density at radius 3 is 2.95 bits per heavy atom. The van der Waals surface area contributed by atoms with E-state index in [9.17, 15) is 9.90 Å². The summed E-state index contributed by atoms with van der Waals surface area (Å²) in [5.41, 5.74) is 0.996. The Bertz CT molecular complexity index is 430. The number of carbonyl (C=O) groups is 1. The van der Waals surface area contributed by atoms with E-state index in [0.29, 0.717) is 0 Å². The lowest BCUT2D eigenvalue weighted by Crippen LogP contribution is -2.38. The molecule has 19 heavy (non-hydrogen) atoms. The molecule has 2 saturated heterocycles. The molecule has 0 aromatic heterocycles. The first kappa shape index (κ1) is 13.1. The van der Waals surface area contributed by atoms with Crippen molar-refractivity contribution < 1.29 is 19.4 Å². The lowest BCUT2D eigenvalue weighted by molar-refractivity contribution is -0.143. The summed E-state index contributed by atoms with van der Waals surface area (Å²) in [4.78, 5) is 11.8. The highest BCUT2D eigenvalue weighted by molar-refractivity contribution is 5.75. The second-order valence-corrected chi connectivity index (χ2v) is 6.48. The summed E-state index contributed by atoms with van der Waals surface area (Å²) in [6.45, 7) is 5.96. The van der Waals surface area contributed by atoms with Crippen LogP contribution in [-0.2, 0) is 14.3 Å². The number of fused-ring (bicyclic) bond motifs is 2. The lowest BCUT2D eigenvalue weighted by Gasteiger charge is -2.25. The van der Waals surface area contributed by atoms with E-state index in [1.54, 1.807) is 0 Å². The Morgan fingerprint density at radius 2 is 2.21 bits per heavy atom. The van der Waals surface area contributed by atoms with Crippen LogP contribution >= 0.6 is 0 Å². The van der Waals surface area contributed by atoms with Gasteiger partial charge in [-0.05, 0) is 26.7 Å². The van der Waals surface area contributed by atoms with Crippen molar-refractivity contribution in [2.45, 2.75) is 63.9 Å². The summed E-state index contributed by atoms with van der Waals surface area (Å²) in [6, 6.07) is 0. The number of hydrogen-bond acceptors (Lipinski definition) is 4. The number of epoxide rings is 1. The van der Waals surface area contributed by atoms with Crippen molar-refractivity contribution in [3.63, 3.8) is 0 Å². The molecule has 0 aromatic rings. The van der Waals surface area contributed by atoms with Crippen molar-refractivity contribution in [1.29, 1.82) is 0 Å². The molecule has 6 atom stereocenters. The van der Waals surface area contributed by atoms with Crippen LogP contribution in [0.2, 0.25) is 0 Å². The van der Waals surface area contributed by atoms with Crippen molar-refractivity contribution in [2.75, 3.05) is 0 Å². The molecule has 0 spiro atoms. The summed E-state index contributed by atoms with van der Waals surface area (Å²) < 4.78 is 11.2. The lowest BCUT2D eigenvalue weighted by atomic mass is 9.79. The highest BCUT2D eigenvalue weighted by atomic mass is 16.6. The van der Waals surface area contributed by atoms with Gasteiger partial charge < -0.3 is 14.6 Å². The number of aliphatic hydroxyl groups excluding tert-OH is 1. The van der Waals surface area contributed by atoms with Gasteiger partial charge in [0.25, 0.3) is 0 Å². The molecule has 2 heterocycles. The third-order valence-electron chi connectivity index (χ3n) is 4.95. The van der Waals surface area contributed by atoms with E-state index < -0.39 is 6.10 Å². The Labute approximate surface area is 113 Å². The van der Waals surface area contributed by atoms with Crippen LogP contribution in [0, 0.1) is 11.8 Å². The average molecular weight is 266 g/mol. The minimum atomic E-state index is -0.609. The molecule has 2 aliphatic heterocycles. The normalized spacial score (nSPS) is 52.5. The van der Waals surface area contributed by atoms with Crippen molar-refractivity contribution in [3.8, 4) is 0 Å². The van der Waals surface area contributed by atoms with E-state index in [0.717, 1.165) is 19.3 Å². The van der Waals surface area contributed by atoms with E-state index in [-0.39, 0.29) is 35.6 Å². The monoisotopic (exact) mass is 266 g/mol. The molecule has 0 saturated carbocycles. The van der Waals surface area contributed by atoms with Crippen molar-refractivity contribution in [2.24, 2.45) is 11.8 Å². The third kappa shape index (κ3) is 2.11. The number of hydrogen-bond donors (Lipinski definition) is 1. The molecule has 4 heteroatoms. The highest BCUT2D eigenvalue weighted by Crippen LogP contribution is 2.48. The smallest absolute Gasteiger partial charge is 0.309 e. The molecular formula is C15H22O4. The van der Waals surface area contributed by atoms with Crippen molar-refractivity contribution in [3.05, 3.63) is 11.6 Å². The first-order chi connectivity index (χ1) is 8.92. The molecule has 3 rings (SSSR count). The molecule has 106 valence electrons. The van der Waals surface area contributed by atoms with E-state index >= 15 is 0 Å². The minimum Gasteiger partial charge on any atom is -0.461 e. The molecule has 4 nitrogen and oxygen atoms in total. The van der Waals surface area contributed by atoms with Gasteiger partial charge in [0.1, 0.15) is 12.2 Å². The molecule has 0 bridgehead atoms. The highest BCUT2D eigenvalue weighted by Gasteiger charge is 2.60. The van der Waals surface area contributed by atoms with Crippen molar-refractivity contribution >= 4 is 5.97 Å². The van der Waals surface area contributed by atoms with Crippen LogP contribution in [0.25, 0.3) is 0 Å². The van der Waals surface area contributed by atoms with Gasteiger partial charge in [0.15, 0.2) is 0 Å². The second-order valence-electron chi connectivity index (χ2n) is 6.48. The molecule has 0 amide bonds. The summed E-state index contributed by atoms with van der Waals surface area (Å²) in [7, 11) is 0. The molecule has 2 fully saturated rings. The summed E-state index contributed by atoms with van der Waals surface area (Å²) in [5.74, 6) is -0.593. The van der Waals surface area contributed by atoms with Crippen molar-refractivity contribution in [1.82, 2.24) is 0 Å². The fourth-order valence-corrected chi connectivity index (χ4v) is 3.60. The molecule has 1 aliphatic carbocycles. The molecule has 0 aromatic carbocycles. The molecule has 1 N–H and O–H groups in total. The van der Waals surface area contributed by atoms with Crippen LogP contribution in [0.5, 0.6) is 0 Å². The molecule has 0 unspecified atom stereocenters. The summed E-state index contributed by atoms with van der Waals surface area (Å²) >= 11 is 0. The van der Waals surface area contributed by atoms with Crippen LogP contribution in [-0.4, -0.2) is 35.0 Å². The van der Waals surface area contributed by atoms with Crippen LogP contribution in [0.3, 0.4) is 0 Å². The predicted molar refractivity (Wildman–Crippen MR) is 69.4 cm³/mol. The Morgan fingerprint density at radius 1 is 1.47 bits per heavy atom. The van der Waals surface area contributed by atoms with Gasteiger partial charge in [-0.1, -0.05) is 18.6 Å². The van der Waals surface area contributed by atoms with Crippen LogP contribution in [0.15, 0.2) is 11.6 Å². The molecule has 0 radical (unpaired) electrons. The number of esters is 1. The Hall–Kier alpha value is -0.870.